The third kappa shape index (κ3) is 5.26. The summed E-state index contributed by atoms with van der Waals surface area (Å²) in [6.07, 6.45) is 1.88. The molecule has 2 rings (SSSR count). The highest BCUT2D eigenvalue weighted by Crippen LogP contribution is 2.17. The van der Waals surface area contributed by atoms with Crippen molar-refractivity contribution in [3.63, 3.8) is 0 Å². The van der Waals surface area contributed by atoms with Crippen molar-refractivity contribution < 1.29 is 14.6 Å². The van der Waals surface area contributed by atoms with Crippen molar-refractivity contribution in [2.24, 2.45) is 0 Å². The van der Waals surface area contributed by atoms with Gasteiger partial charge in [0.2, 0.25) is 5.88 Å². The van der Waals surface area contributed by atoms with Gasteiger partial charge in [0, 0.05) is 12.6 Å². The number of rotatable bonds is 8. The molecule has 5 heteroatoms. The first kappa shape index (κ1) is 16.1. The summed E-state index contributed by atoms with van der Waals surface area (Å²) in [4.78, 5) is 4.16. The molecule has 0 aliphatic rings. The number of anilines is 1. The largest absolute Gasteiger partial charge is 0.491 e. The third-order valence-electron chi connectivity index (χ3n) is 2.84. The van der Waals surface area contributed by atoms with Crippen LogP contribution >= 0.6 is 0 Å². The summed E-state index contributed by atoms with van der Waals surface area (Å²) >= 11 is 0. The van der Waals surface area contributed by atoms with Crippen LogP contribution in [0, 0.1) is 0 Å². The minimum absolute atomic E-state index is 0.0174. The Morgan fingerprint density at radius 2 is 2.09 bits per heavy atom. The van der Waals surface area contributed by atoms with Crippen molar-refractivity contribution in [2.45, 2.75) is 26.5 Å². The Kier molecular flexibility index (Phi) is 6.03. The Morgan fingerprint density at radius 3 is 2.77 bits per heavy atom. The van der Waals surface area contributed by atoms with Crippen LogP contribution in [-0.2, 0) is 6.54 Å². The van der Waals surface area contributed by atoms with Crippen LogP contribution in [0.15, 0.2) is 42.6 Å². The molecule has 22 heavy (non-hydrogen) atoms. The number of hydrogen-bond donors (Lipinski definition) is 2. The lowest BCUT2D eigenvalue weighted by atomic mass is 10.2. The molecule has 0 atom stereocenters. The lowest BCUT2D eigenvalue weighted by Crippen LogP contribution is -2.06. The van der Waals surface area contributed by atoms with Crippen molar-refractivity contribution >= 4 is 5.69 Å². The minimum Gasteiger partial charge on any atom is -0.491 e. The monoisotopic (exact) mass is 302 g/mol. The minimum atomic E-state index is -0.0174. The zero-order valence-electron chi connectivity index (χ0n) is 13.0. The fourth-order valence-electron chi connectivity index (χ4n) is 1.93. The number of hydrogen-bond acceptors (Lipinski definition) is 5. The summed E-state index contributed by atoms with van der Waals surface area (Å²) in [6.45, 7) is 4.95. The molecular formula is C17H22N2O3. The van der Waals surface area contributed by atoms with Gasteiger partial charge in [-0.05, 0) is 37.6 Å². The second-order valence-electron chi connectivity index (χ2n) is 5.12. The molecule has 0 radical (unpaired) electrons. The van der Waals surface area contributed by atoms with E-state index < -0.39 is 0 Å². The Balaban J connectivity index is 1.89. The molecule has 1 heterocycles. The van der Waals surface area contributed by atoms with Gasteiger partial charge < -0.3 is 19.9 Å². The van der Waals surface area contributed by atoms with Gasteiger partial charge in [0.25, 0.3) is 0 Å². The van der Waals surface area contributed by atoms with E-state index in [4.69, 9.17) is 14.6 Å². The Bertz CT molecular complexity index is 570. The van der Waals surface area contributed by atoms with Crippen LogP contribution in [0.4, 0.5) is 5.69 Å². The summed E-state index contributed by atoms with van der Waals surface area (Å²) in [7, 11) is 0. The molecule has 0 aliphatic carbocycles. The van der Waals surface area contributed by atoms with Gasteiger partial charge in [-0.2, -0.15) is 0 Å². The quantitative estimate of drug-likeness (QED) is 0.785. The molecular weight excluding hydrogens is 280 g/mol. The zero-order chi connectivity index (χ0) is 15.8. The van der Waals surface area contributed by atoms with E-state index in [-0.39, 0.29) is 19.3 Å². The number of benzene rings is 1. The molecule has 1 aromatic heterocycles. The summed E-state index contributed by atoms with van der Waals surface area (Å²) in [5, 5.41) is 12.0. The lowest BCUT2D eigenvalue weighted by molar-refractivity contribution is 0.196. The van der Waals surface area contributed by atoms with E-state index in [1.807, 2.05) is 44.2 Å². The van der Waals surface area contributed by atoms with Gasteiger partial charge in [-0.3, -0.25) is 0 Å². The van der Waals surface area contributed by atoms with Gasteiger partial charge in [0.15, 0.2) is 0 Å². The van der Waals surface area contributed by atoms with E-state index in [1.165, 1.54) is 0 Å². The summed E-state index contributed by atoms with van der Waals surface area (Å²) in [5.74, 6) is 1.38. The topological polar surface area (TPSA) is 63.6 Å². The smallest absolute Gasteiger partial charge is 0.213 e. The molecule has 0 amide bonds. The van der Waals surface area contributed by atoms with Crippen LogP contribution < -0.4 is 14.8 Å². The van der Waals surface area contributed by atoms with Crippen molar-refractivity contribution in [2.75, 3.05) is 18.5 Å². The van der Waals surface area contributed by atoms with E-state index in [1.54, 1.807) is 12.3 Å². The first-order valence-electron chi connectivity index (χ1n) is 7.36. The van der Waals surface area contributed by atoms with Crippen LogP contribution in [0.2, 0.25) is 0 Å². The maximum atomic E-state index is 8.69. The third-order valence-corrected chi connectivity index (χ3v) is 2.84. The standard InChI is InChI=1S/C17H22N2O3/c1-13(2)22-16-5-3-4-14(10-16)11-18-15-6-7-17(19-12-15)21-9-8-20/h3-7,10,12-13,18,20H,8-9,11H2,1-2H3. The fourth-order valence-corrected chi connectivity index (χ4v) is 1.93. The first-order valence-corrected chi connectivity index (χ1v) is 7.36. The molecule has 0 saturated carbocycles. The highest BCUT2D eigenvalue weighted by Gasteiger charge is 2.01. The molecule has 0 saturated heterocycles. The number of nitrogens with zero attached hydrogens (tertiary/aromatic N) is 1. The number of aliphatic hydroxyl groups excluding tert-OH is 1. The second-order valence-corrected chi connectivity index (χ2v) is 5.12. The second kappa shape index (κ2) is 8.24. The van der Waals surface area contributed by atoms with Crippen molar-refractivity contribution in [3.8, 4) is 11.6 Å². The van der Waals surface area contributed by atoms with E-state index >= 15 is 0 Å². The number of nitrogens with one attached hydrogen (secondary N) is 1. The lowest BCUT2D eigenvalue weighted by Gasteiger charge is -2.12. The van der Waals surface area contributed by atoms with Crippen molar-refractivity contribution in [3.05, 3.63) is 48.2 Å². The first-order chi connectivity index (χ1) is 10.7. The van der Waals surface area contributed by atoms with Gasteiger partial charge in [-0.1, -0.05) is 12.1 Å². The number of aliphatic hydroxyl groups is 1. The Hall–Kier alpha value is -2.27. The summed E-state index contributed by atoms with van der Waals surface area (Å²) < 4.78 is 10.9. The van der Waals surface area contributed by atoms with Gasteiger partial charge in [-0.15, -0.1) is 0 Å². The van der Waals surface area contributed by atoms with Crippen LogP contribution in [0.25, 0.3) is 0 Å². The molecule has 0 fully saturated rings. The molecule has 2 N–H and O–H groups in total. The highest BCUT2D eigenvalue weighted by molar-refractivity contribution is 5.43. The van der Waals surface area contributed by atoms with Crippen molar-refractivity contribution in [1.82, 2.24) is 4.98 Å². The maximum Gasteiger partial charge on any atom is 0.213 e. The van der Waals surface area contributed by atoms with E-state index in [9.17, 15) is 0 Å². The summed E-state index contributed by atoms with van der Waals surface area (Å²) in [6, 6.07) is 11.7. The molecule has 2 aromatic rings. The zero-order valence-corrected chi connectivity index (χ0v) is 13.0. The Morgan fingerprint density at radius 1 is 1.23 bits per heavy atom. The average molecular weight is 302 g/mol. The predicted molar refractivity (Wildman–Crippen MR) is 86.4 cm³/mol. The predicted octanol–water partition coefficient (Wildman–Crippen LogP) is 2.85. The highest BCUT2D eigenvalue weighted by atomic mass is 16.5. The van der Waals surface area contributed by atoms with Crippen molar-refractivity contribution in [1.29, 1.82) is 0 Å². The number of aromatic nitrogens is 1. The molecule has 0 bridgehead atoms. The molecule has 5 nitrogen and oxygen atoms in total. The molecule has 0 spiro atoms. The van der Waals surface area contributed by atoms with Gasteiger partial charge in [0.1, 0.15) is 12.4 Å². The van der Waals surface area contributed by atoms with Crippen LogP contribution in [0.1, 0.15) is 19.4 Å². The maximum absolute atomic E-state index is 8.69. The molecule has 1 aromatic carbocycles. The number of ether oxygens (including phenoxy) is 2. The SMILES string of the molecule is CC(C)Oc1cccc(CNc2ccc(OCCO)nc2)c1. The van der Waals surface area contributed by atoms with E-state index in [0.29, 0.717) is 12.4 Å². The molecule has 0 unspecified atom stereocenters. The van der Waals surface area contributed by atoms with Gasteiger partial charge in [-0.25, -0.2) is 4.98 Å². The van der Waals surface area contributed by atoms with Gasteiger partial charge >= 0.3 is 0 Å². The summed E-state index contributed by atoms with van der Waals surface area (Å²) in [5.41, 5.74) is 2.05. The average Bonchev–Trinajstić information content (AvgIpc) is 2.52. The molecule has 118 valence electrons. The normalized spacial score (nSPS) is 10.5. The fraction of sp³-hybridized carbons (Fsp3) is 0.353. The van der Waals surface area contributed by atoms with Crippen LogP contribution in [0.3, 0.4) is 0 Å². The van der Waals surface area contributed by atoms with E-state index in [0.717, 1.165) is 17.0 Å². The van der Waals surface area contributed by atoms with Gasteiger partial charge in [0.05, 0.1) is 24.6 Å². The number of pyridine rings is 1. The van der Waals surface area contributed by atoms with Crippen LogP contribution in [-0.4, -0.2) is 29.4 Å². The van der Waals surface area contributed by atoms with Crippen LogP contribution in [0.5, 0.6) is 11.6 Å². The van der Waals surface area contributed by atoms with E-state index in [2.05, 4.69) is 10.3 Å². The Labute approximate surface area is 130 Å². The molecule has 0 aliphatic heterocycles.